The zero-order valence-corrected chi connectivity index (χ0v) is 15.6. The number of nitrogens with one attached hydrogen (secondary N) is 3. The molecule has 8 heteroatoms. The average Bonchev–Trinajstić information content (AvgIpc) is 3.43. The molecule has 0 fully saturated rings. The van der Waals surface area contributed by atoms with Crippen LogP contribution >= 0.6 is 22.7 Å². The van der Waals surface area contributed by atoms with Gasteiger partial charge in [-0.15, -0.1) is 22.7 Å². The molecule has 0 aliphatic heterocycles. The second kappa shape index (κ2) is 7.56. The smallest absolute Gasteiger partial charge is 0.276 e. The van der Waals surface area contributed by atoms with Crippen molar-refractivity contribution in [2.24, 2.45) is 0 Å². The fraction of sp³-hybridized carbons (Fsp3) is 0. The van der Waals surface area contributed by atoms with E-state index in [1.807, 2.05) is 29.0 Å². The predicted octanol–water partition coefficient (Wildman–Crippen LogP) is 4.70. The third-order valence-electron chi connectivity index (χ3n) is 3.72. The number of aromatic nitrogens is 2. The lowest BCUT2D eigenvalue weighted by Crippen LogP contribution is -2.13. The molecule has 0 radical (unpaired) electrons. The molecule has 134 valence electrons. The van der Waals surface area contributed by atoms with E-state index in [0.29, 0.717) is 21.9 Å². The molecule has 2 amide bonds. The van der Waals surface area contributed by atoms with Gasteiger partial charge >= 0.3 is 0 Å². The number of carbonyl (C=O) groups is 2. The Morgan fingerprint density at radius 2 is 1.59 bits per heavy atom. The highest BCUT2D eigenvalue weighted by Crippen LogP contribution is 2.23. The van der Waals surface area contributed by atoms with Crippen LogP contribution in [-0.4, -0.2) is 22.0 Å². The maximum Gasteiger partial charge on any atom is 0.276 e. The van der Waals surface area contributed by atoms with Crippen LogP contribution in [0.15, 0.2) is 65.4 Å². The van der Waals surface area contributed by atoms with E-state index in [1.54, 1.807) is 47.7 Å². The fourth-order valence-electron chi connectivity index (χ4n) is 2.47. The molecule has 0 saturated carbocycles. The molecule has 3 heterocycles. The van der Waals surface area contributed by atoms with Crippen LogP contribution in [0.25, 0.3) is 10.6 Å². The van der Waals surface area contributed by atoms with Crippen LogP contribution in [0, 0.1) is 0 Å². The van der Waals surface area contributed by atoms with Crippen molar-refractivity contribution < 1.29 is 9.59 Å². The molecule has 3 N–H and O–H groups in total. The van der Waals surface area contributed by atoms with E-state index in [2.05, 4.69) is 20.8 Å². The van der Waals surface area contributed by atoms with Crippen molar-refractivity contribution in [3.05, 3.63) is 75.9 Å². The minimum absolute atomic E-state index is 0.179. The van der Waals surface area contributed by atoms with Crippen molar-refractivity contribution in [3.8, 4) is 10.6 Å². The SMILES string of the molecule is O=C(Nc1cccc(NC(=O)c2cccs2)c1)c1cc(-c2cccs2)[nH]n1. The van der Waals surface area contributed by atoms with Crippen molar-refractivity contribution in [1.29, 1.82) is 0 Å². The first-order valence-corrected chi connectivity index (χ1v) is 9.80. The van der Waals surface area contributed by atoms with Gasteiger partial charge in [0.05, 0.1) is 15.4 Å². The number of aromatic amines is 1. The highest BCUT2D eigenvalue weighted by Gasteiger charge is 2.13. The Morgan fingerprint density at radius 3 is 2.30 bits per heavy atom. The minimum atomic E-state index is -0.323. The summed E-state index contributed by atoms with van der Waals surface area (Å²) in [6.07, 6.45) is 0. The van der Waals surface area contributed by atoms with Gasteiger partial charge in [-0.3, -0.25) is 14.7 Å². The van der Waals surface area contributed by atoms with Gasteiger partial charge < -0.3 is 10.6 Å². The summed E-state index contributed by atoms with van der Waals surface area (Å²) in [4.78, 5) is 26.2. The van der Waals surface area contributed by atoms with Crippen molar-refractivity contribution in [2.75, 3.05) is 10.6 Å². The third kappa shape index (κ3) is 3.97. The van der Waals surface area contributed by atoms with Crippen molar-refractivity contribution in [3.63, 3.8) is 0 Å². The molecule has 0 spiro atoms. The number of rotatable bonds is 5. The Labute approximate surface area is 162 Å². The van der Waals surface area contributed by atoms with Gasteiger partial charge in [0.25, 0.3) is 11.8 Å². The molecule has 6 nitrogen and oxygen atoms in total. The lowest BCUT2D eigenvalue weighted by molar-refractivity contribution is 0.101. The first-order valence-electron chi connectivity index (χ1n) is 8.04. The maximum atomic E-state index is 12.4. The van der Waals surface area contributed by atoms with Crippen LogP contribution in [-0.2, 0) is 0 Å². The average molecular weight is 394 g/mol. The zero-order valence-electron chi connectivity index (χ0n) is 13.9. The number of hydrogen-bond donors (Lipinski definition) is 3. The normalized spacial score (nSPS) is 10.5. The lowest BCUT2D eigenvalue weighted by atomic mass is 10.2. The van der Waals surface area contributed by atoms with E-state index in [-0.39, 0.29) is 11.8 Å². The van der Waals surface area contributed by atoms with Gasteiger partial charge in [-0.25, -0.2) is 0 Å². The van der Waals surface area contributed by atoms with Crippen LogP contribution in [0.5, 0.6) is 0 Å². The summed E-state index contributed by atoms with van der Waals surface area (Å²) >= 11 is 2.94. The zero-order chi connectivity index (χ0) is 18.6. The molecule has 4 rings (SSSR count). The van der Waals surface area contributed by atoms with Gasteiger partial charge in [0.15, 0.2) is 5.69 Å². The van der Waals surface area contributed by atoms with Crippen LogP contribution < -0.4 is 10.6 Å². The van der Waals surface area contributed by atoms with Crippen LogP contribution in [0.1, 0.15) is 20.2 Å². The quantitative estimate of drug-likeness (QED) is 0.458. The molecule has 0 aliphatic carbocycles. The fourth-order valence-corrected chi connectivity index (χ4v) is 3.78. The molecule has 0 atom stereocenters. The highest BCUT2D eigenvalue weighted by atomic mass is 32.1. The summed E-state index contributed by atoms with van der Waals surface area (Å²) in [6.45, 7) is 0. The summed E-state index contributed by atoms with van der Waals surface area (Å²) in [7, 11) is 0. The third-order valence-corrected chi connectivity index (χ3v) is 5.49. The molecular weight excluding hydrogens is 380 g/mol. The number of H-pyrrole nitrogens is 1. The molecule has 1 aromatic carbocycles. The van der Waals surface area contributed by atoms with Gasteiger partial charge in [-0.05, 0) is 47.2 Å². The number of thiophene rings is 2. The molecule has 4 aromatic rings. The molecular formula is C19H14N4O2S2. The molecule has 0 bridgehead atoms. The summed E-state index contributed by atoms with van der Waals surface area (Å²) in [5.74, 6) is -0.503. The first kappa shape index (κ1) is 17.2. The van der Waals surface area contributed by atoms with E-state index >= 15 is 0 Å². The summed E-state index contributed by atoms with van der Waals surface area (Å²) in [6, 6.07) is 16.2. The number of hydrogen-bond acceptors (Lipinski definition) is 5. The van der Waals surface area contributed by atoms with Crippen molar-refractivity contribution in [2.45, 2.75) is 0 Å². The van der Waals surface area contributed by atoms with E-state index in [1.165, 1.54) is 11.3 Å². The Bertz CT molecular complexity index is 1070. The summed E-state index contributed by atoms with van der Waals surface area (Å²) in [5, 5.41) is 16.4. The standard InChI is InChI=1S/C19H14N4O2S2/c24-18(15-11-14(22-23-15)16-6-2-8-26-16)20-12-4-1-5-13(10-12)21-19(25)17-7-3-9-27-17/h1-11H,(H,20,24)(H,21,25)(H,22,23). The maximum absolute atomic E-state index is 12.4. The van der Waals surface area contributed by atoms with Crippen LogP contribution in [0.2, 0.25) is 0 Å². The molecule has 0 aliphatic rings. The van der Waals surface area contributed by atoms with Crippen LogP contribution in [0.4, 0.5) is 11.4 Å². The number of nitrogens with zero attached hydrogens (tertiary/aromatic N) is 1. The monoisotopic (exact) mass is 394 g/mol. The van der Waals surface area contributed by atoms with E-state index in [4.69, 9.17) is 0 Å². The molecule has 27 heavy (non-hydrogen) atoms. The van der Waals surface area contributed by atoms with Crippen molar-refractivity contribution >= 4 is 45.9 Å². The first-order chi connectivity index (χ1) is 13.2. The lowest BCUT2D eigenvalue weighted by Gasteiger charge is -2.07. The Hall–Kier alpha value is -3.23. The van der Waals surface area contributed by atoms with E-state index in [9.17, 15) is 9.59 Å². The Balaban J connectivity index is 1.45. The second-order valence-electron chi connectivity index (χ2n) is 5.61. The number of carbonyl (C=O) groups excluding carboxylic acids is 2. The molecule has 0 saturated heterocycles. The second-order valence-corrected chi connectivity index (χ2v) is 7.51. The highest BCUT2D eigenvalue weighted by molar-refractivity contribution is 7.13. The number of anilines is 2. The Morgan fingerprint density at radius 1 is 0.852 bits per heavy atom. The topological polar surface area (TPSA) is 86.9 Å². The number of benzene rings is 1. The largest absolute Gasteiger partial charge is 0.321 e. The van der Waals surface area contributed by atoms with Gasteiger partial charge in [-0.1, -0.05) is 18.2 Å². The molecule has 3 aromatic heterocycles. The van der Waals surface area contributed by atoms with Gasteiger partial charge in [-0.2, -0.15) is 5.10 Å². The predicted molar refractivity (Wildman–Crippen MR) is 109 cm³/mol. The summed E-state index contributed by atoms with van der Waals surface area (Å²) in [5.41, 5.74) is 2.27. The van der Waals surface area contributed by atoms with E-state index < -0.39 is 0 Å². The van der Waals surface area contributed by atoms with Gasteiger partial charge in [0, 0.05) is 11.4 Å². The van der Waals surface area contributed by atoms with Gasteiger partial charge in [0.2, 0.25) is 0 Å². The van der Waals surface area contributed by atoms with E-state index in [0.717, 1.165) is 10.6 Å². The Kier molecular flexibility index (Phi) is 4.82. The van der Waals surface area contributed by atoms with Crippen molar-refractivity contribution in [1.82, 2.24) is 10.2 Å². The number of amides is 2. The summed E-state index contributed by atoms with van der Waals surface area (Å²) < 4.78 is 0. The van der Waals surface area contributed by atoms with Crippen LogP contribution in [0.3, 0.4) is 0 Å². The molecule has 0 unspecified atom stereocenters. The van der Waals surface area contributed by atoms with Gasteiger partial charge in [0.1, 0.15) is 0 Å². The minimum Gasteiger partial charge on any atom is -0.321 e.